The maximum atomic E-state index is 12.2. The van der Waals surface area contributed by atoms with E-state index in [1.165, 1.54) is 116 Å². The summed E-state index contributed by atoms with van der Waals surface area (Å²) < 4.78 is 17.8. The molecule has 228 valence electrons. The molecule has 0 bridgehead atoms. The van der Waals surface area contributed by atoms with Crippen molar-refractivity contribution in [1.82, 2.24) is 0 Å². The van der Waals surface area contributed by atoms with Gasteiger partial charge in [-0.3, -0.25) is 4.79 Å². The SMILES string of the molecule is CCCCCCCCCCCCCCCCCCCCCCC(=O)OCC(CO[Si](C)(C)C)O[Si](C)(C)C. The molecule has 0 radical (unpaired) electrons. The van der Waals surface area contributed by atoms with Gasteiger partial charge in [0.2, 0.25) is 0 Å². The zero-order chi connectivity index (χ0) is 28.5. The van der Waals surface area contributed by atoms with E-state index in [0.29, 0.717) is 19.6 Å². The molecule has 0 spiro atoms. The van der Waals surface area contributed by atoms with Crippen molar-refractivity contribution in [3.63, 3.8) is 0 Å². The van der Waals surface area contributed by atoms with E-state index >= 15 is 0 Å². The van der Waals surface area contributed by atoms with Gasteiger partial charge in [0.1, 0.15) is 12.7 Å². The molecule has 1 unspecified atom stereocenters. The summed E-state index contributed by atoms with van der Waals surface area (Å²) in [6.45, 7) is 16.1. The summed E-state index contributed by atoms with van der Waals surface area (Å²) in [4.78, 5) is 12.2. The Labute approximate surface area is 241 Å². The standard InChI is InChI=1S/C32H68O4Si2/c1-8-9-10-11-12-13-14-15-16-17-18-19-20-21-22-23-24-25-26-27-28-32(33)34-29-31(36-38(5,6)7)30-35-37(2,3)4/h31H,8-30H2,1-7H3. The molecule has 0 aromatic rings. The van der Waals surface area contributed by atoms with Crippen LogP contribution in [0.5, 0.6) is 0 Å². The van der Waals surface area contributed by atoms with Crippen molar-refractivity contribution in [2.45, 2.75) is 187 Å². The van der Waals surface area contributed by atoms with Crippen LogP contribution in [-0.4, -0.2) is 41.9 Å². The third kappa shape index (κ3) is 30.4. The third-order valence-corrected chi connectivity index (χ3v) is 8.96. The summed E-state index contributed by atoms with van der Waals surface area (Å²) in [6, 6.07) is 0. The van der Waals surface area contributed by atoms with E-state index < -0.39 is 16.6 Å². The van der Waals surface area contributed by atoms with Crippen molar-refractivity contribution in [1.29, 1.82) is 0 Å². The molecule has 0 saturated carbocycles. The summed E-state index contributed by atoms with van der Waals surface area (Å²) in [6.07, 6.45) is 27.7. The van der Waals surface area contributed by atoms with Crippen molar-refractivity contribution in [3.05, 3.63) is 0 Å². The Bertz CT molecular complexity index is 529. The van der Waals surface area contributed by atoms with Crippen LogP contribution >= 0.6 is 0 Å². The highest BCUT2D eigenvalue weighted by molar-refractivity contribution is 6.70. The normalized spacial score (nSPS) is 13.1. The Kier molecular flexibility index (Phi) is 24.5. The summed E-state index contributed by atoms with van der Waals surface area (Å²) in [5.74, 6) is -0.0930. The summed E-state index contributed by atoms with van der Waals surface area (Å²) >= 11 is 0. The van der Waals surface area contributed by atoms with E-state index in [-0.39, 0.29) is 12.1 Å². The van der Waals surface area contributed by atoms with Crippen molar-refractivity contribution < 1.29 is 18.4 Å². The van der Waals surface area contributed by atoms with Crippen LogP contribution in [0, 0.1) is 0 Å². The van der Waals surface area contributed by atoms with Gasteiger partial charge in [0, 0.05) is 6.42 Å². The third-order valence-electron chi connectivity index (χ3n) is 6.89. The molecular weight excluding hydrogens is 505 g/mol. The number of carbonyl (C=O) groups excluding carboxylic acids is 1. The predicted molar refractivity (Wildman–Crippen MR) is 171 cm³/mol. The van der Waals surface area contributed by atoms with E-state index in [4.69, 9.17) is 13.6 Å². The molecule has 0 aliphatic heterocycles. The number of hydrogen-bond donors (Lipinski definition) is 0. The van der Waals surface area contributed by atoms with Gasteiger partial charge in [-0.1, -0.05) is 129 Å². The van der Waals surface area contributed by atoms with Crippen LogP contribution in [0.3, 0.4) is 0 Å². The average molecular weight is 573 g/mol. The Balaban J connectivity index is 3.52. The molecule has 0 amide bonds. The number of rotatable bonds is 28. The lowest BCUT2D eigenvalue weighted by Gasteiger charge is -2.28. The minimum atomic E-state index is -1.71. The van der Waals surface area contributed by atoms with Crippen LogP contribution < -0.4 is 0 Å². The predicted octanol–water partition coefficient (Wildman–Crippen LogP) is 10.8. The van der Waals surface area contributed by atoms with Gasteiger partial charge >= 0.3 is 5.97 Å². The molecule has 0 fully saturated rings. The topological polar surface area (TPSA) is 44.8 Å². The first-order chi connectivity index (χ1) is 18.0. The van der Waals surface area contributed by atoms with Crippen LogP contribution in [0.25, 0.3) is 0 Å². The number of esters is 1. The van der Waals surface area contributed by atoms with Gasteiger partial charge in [0.25, 0.3) is 0 Å². The molecule has 0 aromatic heterocycles. The lowest BCUT2D eigenvalue weighted by atomic mass is 10.0. The lowest BCUT2D eigenvalue weighted by molar-refractivity contribution is -0.146. The Hall–Kier alpha value is -0.176. The molecular formula is C32H68O4Si2. The minimum absolute atomic E-state index is 0.0930. The second kappa shape index (κ2) is 24.6. The maximum absolute atomic E-state index is 12.2. The van der Waals surface area contributed by atoms with Crippen molar-refractivity contribution in [2.24, 2.45) is 0 Å². The fourth-order valence-electron chi connectivity index (χ4n) is 4.74. The quantitative estimate of drug-likeness (QED) is 0.0531. The summed E-state index contributed by atoms with van der Waals surface area (Å²) in [5.41, 5.74) is 0. The van der Waals surface area contributed by atoms with Crippen LogP contribution in [-0.2, 0) is 18.4 Å². The Morgan fingerprint density at radius 2 is 0.895 bits per heavy atom. The molecule has 38 heavy (non-hydrogen) atoms. The highest BCUT2D eigenvalue weighted by Gasteiger charge is 2.25. The van der Waals surface area contributed by atoms with Crippen LogP contribution in [0.15, 0.2) is 0 Å². The Morgan fingerprint density at radius 1 is 0.526 bits per heavy atom. The zero-order valence-electron chi connectivity index (χ0n) is 27.0. The zero-order valence-corrected chi connectivity index (χ0v) is 29.0. The van der Waals surface area contributed by atoms with Crippen LogP contribution in [0.4, 0.5) is 0 Å². The number of carbonyl (C=O) groups is 1. The molecule has 0 saturated heterocycles. The second-order valence-corrected chi connectivity index (χ2v) is 22.4. The largest absolute Gasteiger partial charge is 0.463 e. The fraction of sp³-hybridized carbons (Fsp3) is 0.969. The van der Waals surface area contributed by atoms with Gasteiger partial charge in [-0.2, -0.15) is 0 Å². The van der Waals surface area contributed by atoms with E-state index in [9.17, 15) is 4.79 Å². The van der Waals surface area contributed by atoms with Gasteiger partial charge < -0.3 is 13.6 Å². The monoisotopic (exact) mass is 572 g/mol. The molecule has 0 heterocycles. The molecule has 0 rings (SSSR count). The molecule has 6 heteroatoms. The first-order valence-electron chi connectivity index (χ1n) is 16.5. The number of unbranched alkanes of at least 4 members (excludes halogenated alkanes) is 19. The molecule has 1 atom stereocenters. The van der Waals surface area contributed by atoms with E-state index in [1.54, 1.807) is 0 Å². The molecule has 4 nitrogen and oxygen atoms in total. The summed E-state index contributed by atoms with van der Waals surface area (Å²) in [5, 5.41) is 0. The number of ether oxygens (including phenoxy) is 1. The van der Waals surface area contributed by atoms with E-state index in [2.05, 4.69) is 46.2 Å². The molecule has 0 aromatic carbocycles. The summed E-state index contributed by atoms with van der Waals surface area (Å²) in [7, 11) is -3.33. The highest BCUT2D eigenvalue weighted by Crippen LogP contribution is 2.16. The van der Waals surface area contributed by atoms with Gasteiger partial charge in [0.15, 0.2) is 16.6 Å². The Morgan fingerprint density at radius 3 is 1.24 bits per heavy atom. The highest BCUT2D eigenvalue weighted by atomic mass is 28.4. The van der Waals surface area contributed by atoms with Crippen molar-refractivity contribution in [2.75, 3.05) is 13.2 Å². The van der Waals surface area contributed by atoms with Gasteiger partial charge in [0.05, 0.1) is 6.61 Å². The first kappa shape index (κ1) is 37.8. The van der Waals surface area contributed by atoms with Crippen molar-refractivity contribution >= 4 is 22.6 Å². The molecule has 0 aliphatic rings. The van der Waals surface area contributed by atoms with E-state index in [0.717, 1.165) is 12.8 Å². The van der Waals surface area contributed by atoms with Crippen molar-refractivity contribution in [3.8, 4) is 0 Å². The van der Waals surface area contributed by atoms with E-state index in [1.807, 2.05) is 0 Å². The maximum Gasteiger partial charge on any atom is 0.305 e. The van der Waals surface area contributed by atoms with Gasteiger partial charge in [-0.25, -0.2) is 0 Å². The number of hydrogen-bond acceptors (Lipinski definition) is 4. The molecule has 0 aliphatic carbocycles. The molecule has 0 N–H and O–H groups in total. The van der Waals surface area contributed by atoms with Crippen LogP contribution in [0.1, 0.15) is 142 Å². The van der Waals surface area contributed by atoms with Crippen LogP contribution in [0.2, 0.25) is 39.3 Å². The lowest BCUT2D eigenvalue weighted by Crippen LogP contribution is -2.40. The average Bonchev–Trinajstić information content (AvgIpc) is 2.83. The minimum Gasteiger partial charge on any atom is -0.463 e. The fourth-order valence-corrected chi connectivity index (χ4v) is 6.56. The smallest absolute Gasteiger partial charge is 0.305 e. The second-order valence-electron chi connectivity index (χ2n) is 13.4. The first-order valence-corrected chi connectivity index (χ1v) is 23.3. The van der Waals surface area contributed by atoms with Gasteiger partial charge in [-0.05, 0) is 45.7 Å². The van der Waals surface area contributed by atoms with Gasteiger partial charge in [-0.15, -0.1) is 0 Å².